The zero-order valence-electron chi connectivity index (χ0n) is 60.3. The summed E-state index contributed by atoms with van der Waals surface area (Å²) in [7, 11) is 0. The molecule has 3 saturated heterocycles. The van der Waals surface area contributed by atoms with Gasteiger partial charge in [-0.1, -0.05) is 280 Å². The van der Waals surface area contributed by atoms with Crippen molar-refractivity contribution >= 4 is 5.91 Å². The van der Waals surface area contributed by atoms with Crippen molar-refractivity contribution < 1.29 is 89.4 Å². The lowest BCUT2D eigenvalue weighted by Gasteiger charge is -2.48. The molecule has 0 bridgehead atoms. The predicted molar refractivity (Wildman–Crippen MR) is 383 cm³/mol. The number of aliphatic hydroxyl groups is 11. The highest BCUT2D eigenvalue weighted by Gasteiger charge is 2.53. The van der Waals surface area contributed by atoms with Crippen molar-refractivity contribution in [1.82, 2.24) is 5.32 Å². The average molecular weight is 1380 g/mol. The summed E-state index contributed by atoms with van der Waals surface area (Å²) in [4.78, 5) is 13.4. The smallest absolute Gasteiger partial charge is 0.220 e. The molecule has 0 aliphatic carbocycles. The van der Waals surface area contributed by atoms with Crippen LogP contribution in [0.15, 0.2) is 60.8 Å². The van der Waals surface area contributed by atoms with Gasteiger partial charge in [0.25, 0.3) is 0 Å². The SMILES string of the molecule is CCCCCCC/C=C\C/C=C\C/C=C\CCCCCCCCC(=O)NC(COC1OC(CO)C(OC2OC(CO)C(OC3OC(CO)C(O)C(O)C3O)C(O)C2O)C(O)C1O)C(O)/C=C/CC/C=C/CCCCCCCCCCCCCCCCCCCCCCCCCCC. The number of ether oxygens (including phenoxy) is 6. The van der Waals surface area contributed by atoms with E-state index in [0.29, 0.717) is 12.8 Å². The van der Waals surface area contributed by atoms with Crippen LogP contribution < -0.4 is 5.32 Å². The molecular weight excluding hydrogens is 1240 g/mol. The first kappa shape index (κ1) is 88.7. The Morgan fingerprint density at radius 1 is 0.371 bits per heavy atom. The first-order valence-electron chi connectivity index (χ1n) is 39.0. The molecule has 0 aromatic heterocycles. The minimum atomic E-state index is -1.99. The highest BCUT2D eigenvalue weighted by atomic mass is 16.8. The highest BCUT2D eigenvalue weighted by molar-refractivity contribution is 5.76. The van der Waals surface area contributed by atoms with Crippen LogP contribution in [0.4, 0.5) is 0 Å². The van der Waals surface area contributed by atoms with E-state index in [0.717, 1.165) is 70.6 Å². The van der Waals surface area contributed by atoms with Gasteiger partial charge in [0.05, 0.1) is 38.6 Å². The zero-order valence-corrected chi connectivity index (χ0v) is 60.3. The van der Waals surface area contributed by atoms with Gasteiger partial charge in [-0.25, -0.2) is 0 Å². The standard InChI is InChI=1S/C78H141NO18/c1-3-5-7-9-11-13-15-17-19-21-23-25-26-27-28-29-30-31-32-33-34-36-37-39-41-43-45-47-49-51-53-55-62(83)61(79-66(84)56-54-52-50-48-46-44-42-40-38-35-24-22-20-18-16-14-12-10-8-6-4-2)60-92-76-72(90)69(87)74(64(58-81)94-76)97-78-73(91)70(88)75(65(59-82)95-78)96-77-71(89)68(86)67(85)63(57-80)93-77/h16,18,22,24,38,40,45,47,53,55,61-65,67-78,80-83,85-91H,3-15,17,19-21,23,25-37,39,41-44,46,48-52,54,56-60H2,1-2H3,(H,79,84)/b18-16-,24-22-,40-38-,47-45+,55-53+. The molecule has 3 heterocycles. The summed E-state index contributed by atoms with van der Waals surface area (Å²) in [6, 6.07) is -1.00. The number of rotatable bonds is 61. The van der Waals surface area contributed by atoms with Crippen LogP contribution >= 0.6 is 0 Å². The fourth-order valence-corrected chi connectivity index (χ4v) is 13.0. The van der Waals surface area contributed by atoms with Crippen molar-refractivity contribution in [2.45, 2.75) is 401 Å². The van der Waals surface area contributed by atoms with Gasteiger partial charge < -0.3 is 89.9 Å². The Bertz CT molecular complexity index is 1990. The number of unbranched alkanes of at least 4 members (excludes halogenated alkanes) is 37. The fourth-order valence-electron chi connectivity index (χ4n) is 13.0. The van der Waals surface area contributed by atoms with Crippen molar-refractivity contribution in [3.8, 4) is 0 Å². The molecular formula is C78H141NO18. The monoisotopic (exact) mass is 1380 g/mol. The van der Waals surface area contributed by atoms with Gasteiger partial charge in [-0.15, -0.1) is 0 Å². The predicted octanol–water partition coefficient (Wildman–Crippen LogP) is 12.3. The average Bonchev–Trinajstić information content (AvgIpc) is 0.789. The van der Waals surface area contributed by atoms with Gasteiger partial charge in [-0.05, 0) is 70.6 Å². The summed E-state index contributed by atoms with van der Waals surface area (Å²) >= 11 is 0. The molecule has 0 aromatic rings. The summed E-state index contributed by atoms with van der Waals surface area (Å²) in [5.74, 6) is -0.296. The summed E-state index contributed by atoms with van der Waals surface area (Å²) in [5.41, 5.74) is 0. The summed E-state index contributed by atoms with van der Waals surface area (Å²) in [6.07, 6.45) is 47.8. The summed E-state index contributed by atoms with van der Waals surface area (Å²) in [5, 5.41) is 121. The van der Waals surface area contributed by atoms with E-state index < -0.39 is 124 Å². The minimum absolute atomic E-state index is 0.219. The molecule has 19 nitrogen and oxygen atoms in total. The van der Waals surface area contributed by atoms with Crippen LogP contribution in [0.1, 0.15) is 296 Å². The Morgan fingerprint density at radius 2 is 0.691 bits per heavy atom. The third-order valence-electron chi connectivity index (χ3n) is 19.3. The topological polar surface area (TPSA) is 307 Å². The van der Waals surface area contributed by atoms with Crippen LogP contribution in [0, 0.1) is 0 Å². The normalized spacial score (nSPS) is 27.2. The largest absolute Gasteiger partial charge is 0.394 e. The first-order valence-corrected chi connectivity index (χ1v) is 39.0. The van der Waals surface area contributed by atoms with Crippen LogP contribution in [-0.2, 0) is 33.2 Å². The molecule has 0 aromatic carbocycles. The molecule has 3 fully saturated rings. The number of nitrogens with one attached hydrogen (secondary N) is 1. The maximum atomic E-state index is 13.4. The fraction of sp³-hybridized carbons (Fsp3) is 0.859. The second-order valence-corrected chi connectivity index (χ2v) is 27.8. The molecule has 0 saturated carbocycles. The van der Waals surface area contributed by atoms with Crippen LogP contribution in [0.2, 0.25) is 0 Å². The Kier molecular flexibility index (Phi) is 53.9. The summed E-state index contributed by atoms with van der Waals surface area (Å²) in [6.45, 7) is 1.72. The molecule has 12 N–H and O–H groups in total. The molecule has 3 aliphatic heterocycles. The van der Waals surface area contributed by atoms with Crippen molar-refractivity contribution in [3.63, 3.8) is 0 Å². The number of amides is 1. The molecule has 17 unspecified atom stereocenters. The minimum Gasteiger partial charge on any atom is -0.394 e. The summed E-state index contributed by atoms with van der Waals surface area (Å²) < 4.78 is 34.4. The Morgan fingerprint density at radius 3 is 1.10 bits per heavy atom. The van der Waals surface area contributed by atoms with E-state index in [9.17, 15) is 61.0 Å². The Labute approximate surface area is 586 Å². The Balaban J connectivity index is 1.40. The molecule has 17 atom stereocenters. The van der Waals surface area contributed by atoms with Gasteiger partial charge in [0.15, 0.2) is 18.9 Å². The maximum Gasteiger partial charge on any atom is 0.220 e. The molecule has 3 rings (SSSR count). The van der Waals surface area contributed by atoms with E-state index in [1.807, 2.05) is 6.08 Å². The molecule has 566 valence electrons. The number of carbonyl (C=O) groups is 1. The first-order chi connectivity index (χ1) is 47.3. The zero-order chi connectivity index (χ0) is 70.4. The van der Waals surface area contributed by atoms with Crippen LogP contribution in [-0.4, -0.2) is 193 Å². The Hall–Kier alpha value is -2.51. The van der Waals surface area contributed by atoms with E-state index in [-0.39, 0.29) is 18.9 Å². The molecule has 19 heteroatoms. The quantitative estimate of drug-likeness (QED) is 0.0199. The van der Waals surface area contributed by atoms with Crippen molar-refractivity contribution in [2.24, 2.45) is 0 Å². The van der Waals surface area contributed by atoms with E-state index in [1.165, 1.54) is 193 Å². The van der Waals surface area contributed by atoms with Crippen LogP contribution in [0.3, 0.4) is 0 Å². The van der Waals surface area contributed by atoms with Crippen molar-refractivity contribution in [2.75, 3.05) is 26.4 Å². The molecule has 1 amide bonds. The number of aliphatic hydroxyl groups excluding tert-OH is 11. The van der Waals surface area contributed by atoms with Gasteiger partial charge in [0, 0.05) is 6.42 Å². The van der Waals surface area contributed by atoms with Gasteiger partial charge in [-0.3, -0.25) is 4.79 Å². The van der Waals surface area contributed by atoms with Crippen molar-refractivity contribution in [3.05, 3.63) is 60.8 Å². The molecule has 3 aliphatic rings. The van der Waals surface area contributed by atoms with E-state index in [4.69, 9.17) is 28.4 Å². The van der Waals surface area contributed by atoms with E-state index >= 15 is 0 Å². The van der Waals surface area contributed by atoms with E-state index in [2.05, 4.69) is 67.8 Å². The lowest BCUT2D eigenvalue weighted by Crippen LogP contribution is -2.66. The van der Waals surface area contributed by atoms with Gasteiger partial charge in [-0.2, -0.15) is 0 Å². The third kappa shape index (κ3) is 39.6. The molecule has 0 spiro atoms. The van der Waals surface area contributed by atoms with Crippen LogP contribution in [0.25, 0.3) is 0 Å². The number of hydrogen-bond acceptors (Lipinski definition) is 18. The second-order valence-electron chi connectivity index (χ2n) is 27.8. The van der Waals surface area contributed by atoms with Crippen molar-refractivity contribution in [1.29, 1.82) is 0 Å². The number of carbonyl (C=O) groups excluding carboxylic acids is 1. The third-order valence-corrected chi connectivity index (χ3v) is 19.3. The molecule has 97 heavy (non-hydrogen) atoms. The highest BCUT2D eigenvalue weighted by Crippen LogP contribution is 2.33. The van der Waals surface area contributed by atoms with Gasteiger partial charge in [0.1, 0.15) is 73.2 Å². The molecule has 0 radical (unpaired) electrons. The number of hydrogen-bond donors (Lipinski definition) is 12. The lowest BCUT2D eigenvalue weighted by molar-refractivity contribution is -0.379. The maximum absolute atomic E-state index is 13.4. The van der Waals surface area contributed by atoms with Gasteiger partial charge in [0.2, 0.25) is 5.91 Å². The number of allylic oxidation sites excluding steroid dienone is 9. The lowest BCUT2D eigenvalue weighted by atomic mass is 9.96. The van der Waals surface area contributed by atoms with E-state index in [1.54, 1.807) is 6.08 Å². The van der Waals surface area contributed by atoms with Gasteiger partial charge >= 0.3 is 0 Å². The second kappa shape index (κ2) is 58.9. The van der Waals surface area contributed by atoms with Crippen LogP contribution in [0.5, 0.6) is 0 Å².